The van der Waals surface area contributed by atoms with Crippen LogP contribution < -0.4 is 10.6 Å². The Morgan fingerprint density at radius 3 is 2.42 bits per heavy atom. The number of piperidine rings is 1. The second-order valence-corrected chi connectivity index (χ2v) is 6.47. The fourth-order valence-electron chi connectivity index (χ4n) is 2.50. The van der Waals surface area contributed by atoms with Crippen molar-refractivity contribution < 1.29 is 12.8 Å². The monoisotopic (exact) mass is 287 g/mol. The number of sulfonamides is 1. The van der Waals surface area contributed by atoms with Crippen molar-refractivity contribution in [3.8, 4) is 0 Å². The number of hydrogen-bond acceptors (Lipinski definition) is 5. The SMILES string of the molecule is Cc1oc(C)c(S(=O)(=O)NN2CCCCC2)c1CN. The Kier molecular flexibility index (Phi) is 4.29. The van der Waals surface area contributed by atoms with Crippen molar-refractivity contribution in [2.75, 3.05) is 13.1 Å². The molecule has 0 bridgehead atoms. The van der Waals surface area contributed by atoms with Gasteiger partial charge in [-0.05, 0) is 26.7 Å². The quantitative estimate of drug-likeness (QED) is 0.863. The van der Waals surface area contributed by atoms with Crippen LogP contribution >= 0.6 is 0 Å². The van der Waals surface area contributed by atoms with Gasteiger partial charge in [-0.3, -0.25) is 0 Å². The molecule has 0 radical (unpaired) electrons. The highest BCUT2D eigenvalue weighted by atomic mass is 32.2. The van der Waals surface area contributed by atoms with Gasteiger partial charge in [-0.15, -0.1) is 4.83 Å². The molecular weight excluding hydrogens is 266 g/mol. The molecule has 0 spiro atoms. The molecule has 1 aliphatic rings. The van der Waals surface area contributed by atoms with Crippen molar-refractivity contribution in [2.45, 2.75) is 44.6 Å². The molecule has 1 aromatic rings. The summed E-state index contributed by atoms with van der Waals surface area (Å²) in [7, 11) is -3.61. The van der Waals surface area contributed by atoms with Crippen LogP contribution in [0, 0.1) is 13.8 Å². The Morgan fingerprint density at radius 1 is 1.21 bits per heavy atom. The molecule has 0 aliphatic carbocycles. The van der Waals surface area contributed by atoms with Crippen LogP contribution in [0.5, 0.6) is 0 Å². The van der Waals surface area contributed by atoms with E-state index >= 15 is 0 Å². The summed E-state index contributed by atoms with van der Waals surface area (Å²) in [5.41, 5.74) is 6.19. The molecule has 1 aliphatic heterocycles. The van der Waals surface area contributed by atoms with Crippen LogP contribution in [0.4, 0.5) is 0 Å². The summed E-state index contributed by atoms with van der Waals surface area (Å²) in [6, 6.07) is 0. The minimum absolute atomic E-state index is 0.152. The summed E-state index contributed by atoms with van der Waals surface area (Å²) in [6.45, 7) is 5.02. The van der Waals surface area contributed by atoms with E-state index in [1.54, 1.807) is 18.9 Å². The highest BCUT2D eigenvalue weighted by Gasteiger charge is 2.28. The lowest BCUT2D eigenvalue weighted by atomic mass is 10.2. The third kappa shape index (κ3) is 3.00. The van der Waals surface area contributed by atoms with Crippen LogP contribution in [0.25, 0.3) is 0 Å². The van der Waals surface area contributed by atoms with Gasteiger partial charge in [0.15, 0.2) is 0 Å². The predicted molar refractivity (Wildman–Crippen MR) is 71.8 cm³/mol. The average Bonchev–Trinajstić information content (AvgIpc) is 2.64. The number of furan rings is 1. The van der Waals surface area contributed by atoms with E-state index in [-0.39, 0.29) is 11.4 Å². The molecule has 1 saturated heterocycles. The number of nitrogens with zero attached hydrogens (tertiary/aromatic N) is 1. The van der Waals surface area contributed by atoms with Gasteiger partial charge in [-0.1, -0.05) is 6.42 Å². The molecule has 3 N–H and O–H groups in total. The number of hydrogen-bond donors (Lipinski definition) is 2. The first-order valence-corrected chi connectivity index (χ1v) is 8.00. The molecule has 1 fully saturated rings. The Hall–Kier alpha value is -0.890. The third-order valence-electron chi connectivity index (χ3n) is 3.40. The van der Waals surface area contributed by atoms with Crippen LogP contribution in [0.15, 0.2) is 9.31 Å². The first-order valence-electron chi connectivity index (χ1n) is 6.52. The van der Waals surface area contributed by atoms with E-state index < -0.39 is 10.0 Å². The van der Waals surface area contributed by atoms with Gasteiger partial charge >= 0.3 is 0 Å². The molecule has 0 aromatic carbocycles. The third-order valence-corrected chi connectivity index (χ3v) is 4.97. The fraction of sp³-hybridized carbons (Fsp3) is 0.667. The van der Waals surface area contributed by atoms with E-state index in [2.05, 4.69) is 4.83 Å². The summed E-state index contributed by atoms with van der Waals surface area (Å²) >= 11 is 0. The fourth-order valence-corrected chi connectivity index (χ4v) is 4.08. The van der Waals surface area contributed by atoms with Gasteiger partial charge in [0.05, 0.1) is 0 Å². The zero-order chi connectivity index (χ0) is 14.0. The molecule has 0 amide bonds. The number of aryl methyl sites for hydroxylation is 2. The molecule has 1 aromatic heterocycles. The second kappa shape index (κ2) is 5.62. The van der Waals surface area contributed by atoms with Gasteiger partial charge in [0.1, 0.15) is 16.4 Å². The highest BCUT2D eigenvalue weighted by molar-refractivity contribution is 7.89. The standard InChI is InChI=1S/C12H21N3O3S/c1-9-11(8-13)12(10(2)18-9)19(16,17)14-15-6-4-3-5-7-15/h14H,3-8,13H2,1-2H3. The maximum Gasteiger partial charge on any atom is 0.257 e. The number of hydrazine groups is 1. The lowest BCUT2D eigenvalue weighted by Crippen LogP contribution is -2.45. The van der Waals surface area contributed by atoms with E-state index in [1.807, 2.05) is 0 Å². The summed E-state index contributed by atoms with van der Waals surface area (Å²) in [6.07, 6.45) is 3.17. The minimum atomic E-state index is -3.61. The smallest absolute Gasteiger partial charge is 0.257 e. The zero-order valence-corrected chi connectivity index (χ0v) is 12.2. The molecule has 0 saturated carbocycles. The van der Waals surface area contributed by atoms with E-state index in [0.717, 1.165) is 32.4 Å². The molecule has 108 valence electrons. The molecule has 19 heavy (non-hydrogen) atoms. The topological polar surface area (TPSA) is 88.6 Å². The van der Waals surface area contributed by atoms with Gasteiger partial charge in [0.25, 0.3) is 10.0 Å². The minimum Gasteiger partial charge on any atom is -0.465 e. The van der Waals surface area contributed by atoms with E-state index in [4.69, 9.17) is 10.2 Å². The van der Waals surface area contributed by atoms with Gasteiger partial charge < -0.3 is 10.2 Å². The lowest BCUT2D eigenvalue weighted by Gasteiger charge is -2.26. The van der Waals surface area contributed by atoms with Crippen molar-refractivity contribution in [1.29, 1.82) is 0 Å². The summed E-state index contributed by atoms with van der Waals surface area (Å²) in [4.78, 5) is 2.82. The van der Waals surface area contributed by atoms with Gasteiger partial charge in [-0.2, -0.15) is 0 Å². The molecule has 0 atom stereocenters. The Bertz CT molecular complexity index is 545. The second-order valence-electron chi connectivity index (χ2n) is 4.87. The van der Waals surface area contributed by atoms with Crippen molar-refractivity contribution in [2.24, 2.45) is 5.73 Å². The van der Waals surface area contributed by atoms with Crippen molar-refractivity contribution in [1.82, 2.24) is 9.84 Å². The van der Waals surface area contributed by atoms with Crippen molar-refractivity contribution in [3.63, 3.8) is 0 Å². The largest absolute Gasteiger partial charge is 0.465 e. The summed E-state index contributed by atoms with van der Waals surface area (Å²) in [5.74, 6) is 0.960. The molecule has 6 nitrogen and oxygen atoms in total. The Morgan fingerprint density at radius 2 is 1.84 bits per heavy atom. The van der Waals surface area contributed by atoms with Crippen molar-refractivity contribution >= 4 is 10.0 Å². The van der Waals surface area contributed by atoms with Crippen molar-refractivity contribution in [3.05, 3.63) is 17.1 Å². The summed E-state index contributed by atoms with van der Waals surface area (Å²) < 4.78 is 30.3. The first kappa shape index (κ1) is 14.5. The maximum atomic E-state index is 12.4. The Balaban J connectivity index is 2.28. The number of rotatable bonds is 4. The molecular formula is C12H21N3O3S. The predicted octanol–water partition coefficient (Wildman–Crippen LogP) is 1.03. The zero-order valence-electron chi connectivity index (χ0n) is 11.4. The van der Waals surface area contributed by atoms with E-state index in [0.29, 0.717) is 17.1 Å². The normalized spacial score (nSPS) is 17.8. The lowest BCUT2D eigenvalue weighted by molar-refractivity contribution is 0.200. The van der Waals surface area contributed by atoms with E-state index in [1.165, 1.54) is 0 Å². The van der Waals surface area contributed by atoms with Crippen LogP contribution in [0.1, 0.15) is 36.3 Å². The molecule has 7 heteroatoms. The molecule has 0 unspecified atom stereocenters. The summed E-state index contributed by atoms with van der Waals surface area (Å²) in [5, 5.41) is 1.75. The maximum absolute atomic E-state index is 12.4. The van der Waals surface area contributed by atoms with Crippen LogP contribution in [-0.4, -0.2) is 26.5 Å². The highest BCUT2D eigenvalue weighted by Crippen LogP contribution is 2.26. The Labute approximate surface area is 114 Å². The van der Waals surface area contributed by atoms with Gasteiger partial charge in [-0.25, -0.2) is 13.4 Å². The van der Waals surface area contributed by atoms with Crippen LogP contribution in [0.3, 0.4) is 0 Å². The van der Waals surface area contributed by atoms with Gasteiger partial charge in [0.2, 0.25) is 0 Å². The number of nitrogens with two attached hydrogens (primary N) is 1. The van der Waals surface area contributed by atoms with Gasteiger partial charge in [0, 0.05) is 25.2 Å². The molecule has 2 rings (SSSR count). The van der Waals surface area contributed by atoms with Crippen LogP contribution in [0.2, 0.25) is 0 Å². The average molecular weight is 287 g/mol. The first-order chi connectivity index (χ1) is 8.95. The van der Waals surface area contributed by atoms with E-state index in [9.17, 15) is 8.42 Å². The number of nitrogens with one attached hydrogen (secondary N) is 1. The van der Waals surface area contributed by atoms with Crippen LogP contribution in [-0.2, 0) is 16.6 Å². The molecule has 2 heterocycles.